The third kappa shape index (κ3) is 2.29. The SMILES string of the molecule is OCCC1CNc2nc(N3CCCCC3)nn2C1. The van der Waals surface area contributed by atoms with E-state index in [1.807, 2.05) is 4.68 Å². The summed E-state index contributed by atoms with van der Waals surface area (Å²) in [6.45, 7) is 4.14. The average molecular weight is 251 g/mol. The van der Waals surface area contributed by atoms with E-state index in [2.05, 4.69) is 20.3 Å². The second-order valence-electron chi connectivity index (χ2n) is 5.22. The van der Waals surface area contributed by atoms with Crippen molar-refractivity contribution in [2.75, 3.05) is 36.5 Å². The Hall–Kier alpha value is -1.30. The molecule has 2 aliphatic heterocycles. The van der Waals surface area contributed by atoms with Crippen LogP contribution in [-0.2, 0) is 6.54 Å². The average Bonchev–Trinajstić information content (AvgIpc) is 2.83. The summed E-state index contributed by atoms with van der Waals surface area (Å²) in [5.41, 5.74) is 0. The first kappa shape index (κ1) is 11.8. The Morgan fingerprint density at radius 2 is 2.11 bits per heavy atom. The van der Waals surface area contributed by atoms with Gasteiger partial charge in [-0.05, 0) is 31.6 Å². The van der Waals surface area contributed by atoms with Gasteiger partial charge in [-0.15, -0.1) is 5.10 Å². The van der Waals surface area contributed by atoms with Crippen LogP contribution in [0.4, 0.5) is 11.9 Å². The number of aromatic nitrogens is 3. The van der Waals surface area contributed by atoms with E-state index in [4.69, 9.17) is 5.11 Å². The number of hydrogen-bond donors (Lipinski definition) is 2. The molecule has 1 unspecified atom stereocenters. The van der Waals surface area contributed by atoms with Crippen LogP contribution < -0.4 is 10.2 Å². The summed E-state index contributed by atoms with van der Waals surface area (Å²) >= 11 is 0. The standard InChI is InChI=1S/C12H21N5O/c18-7-4-10-8-13-11-14-12(15-17(11)9-10)16-5-2-1-3-6-16/h10,18H,1-9H2,(H,13,14,15). The van der Waals surface area contributed by atoms with Crippen molar-refractivity contribution in [3.8, 4) is 0 Å². The van der Waals surface area contributed by atoms with E-state index in [9.17, 15) is 0 Å². The number of aliphatic hydroxyl groups is 1. The van der Waals surface area contributed by atoms with Gasteiger partial charge in [0, 0.05) is 32.8 Å². The van der Waals surface area contributed by atoms with Gasteiger partial charge < -0.3 is 15.3 Å². The third-order valence-corrected chi connectivity index (χ3v) is 3.82. The van der Waals surface area contributed by atoms with Gasteiger partial charge in [0.1, 0.15) is 0 Å². The van der Waals surface area contributed by atoms with Crippen LogP contribution in [0.3, 0.4) is 0 Å². The Kier molecular flexibility index (Phi) is 3.36. The van der Waals surface area contributed by atoms with Crippen molar-refractivity contribution in [3.05, 3.63) is 0 Å². The van der Waals surface area contributed by atoms with Crippen molar-refractivity contribution in [1.82, 2.24) is 14.8 Å². The molecule has 6 nitrogen and oxygen atoms in total. The fourth-order valence-electron chi connectivity index (χ4n) is 2.74. The number of nitrogens with one attached hydrogen (secondary N) is 1. The van der Waals surface area contributed by atoms with E-state index in [1.165, 1.54) is 19.3 Å². The van der Waals surface area contributed by atoms with Gasteiger partial charge in [-0.1, -0.05) is 0 Å². The molecule has 1 atom stereocenters. The number of nitrogens with zero attached hydrogens (tertiary/aromatic N) is 4. The molecule has 100 valence electrons. The van der Waals surface area contributed by atoms with Crippen LogP contribution in [0.5, 0.6) is 0 Å². The molecule has 0 spiro atoms. The van der Waals surface area contributed by atoms with Gasteiger partial charge in [0.25, 0.3) is 0 Å². The highest BCUT2D eigenvalue weighted by Gasteiger charge is 2.23. The molecule has 0 amide bonds. The van der Waals surface area contributed by atoms with Crippen molar-refractivity contribution < 1.29 is 5.11 Å². The normalized spacial score (nSPS) is 23.6. The summed E-state index contributed by atoms with van der Waals surface area (Å²) in [6.07, 6.45) is 4.63. The summed E-state index contributed by atoms with van der Waals surface area (Å²) in [4.78, 5) is 6.85. The molecule has 6 heteroatoms. The van der Waals surface area contributed by atoms with E-state index in [1.54, 1.807) is 0 Å². The minimum Gasteiger partial charge on any atom is -0.396 e. The molecule has 0 aromatic carbocycles. The van der Waals surface area contributed by atoms with E-state index in [0.717, 1.165) is 44.5 Å². The molecule has 0 aliphatic carbocycles. The highest BCUT2D eigenvalue weighted by molar-refractivity contribution is 5.39. The van der Waals surface area contributed by atoms with E-state index in [-0.39, 0.29) is 6.61 Å². The molecule has 2 N–H and O–H groups in total. The Balaban J connectivity index is 1.72. The zero-order valence-corrected chi connectivity index (χ0v) is 10.7. The Labute approximate surface area is 107 Å². The van der Waals surface area contributed by atoms with Crippen LogP contribution in [-0.4, -0.2) is 46.1 Å². The largest absolute Gasteiger partial charge is 0.396 e. The quantitative estimate of drug-likeness (QED) is 0.827. The van der Waals surface area contributed by atoms with Crippen LogP contribution in [0.2, 0.25) is 0 Å². The van der Waals surface area contributed by atoms with Gasteiger partial charge in [-0.3, -0.25) is 0 Å². The van der Waals surface area contributed by atoms with Gasteiger partial charge >= 0.3 is 0 Å². The van der Waals surface area contributed by atoms with Crippen molar-refractivity contribution in [3.63, 3.8) is 0 Å². The summed E-state index contributed by atoms with van der Waals surface area (Å²) in [5.74, 6) is 2.20. The molecule has 3 heterocycles. The van der Waals surface area contributed by atoms with Gasteiger partial charge in [-0.25, -0.2) is 4.68 Å². The first-order valence-electron chi connectivity index (χ1n) is 6.91. The van der Waals surface area contributed by atoms with Crippen molar-refractivity contribution >= 4 is 11.9 Å². The smallest absolute Gasteiger partial charge is 0.246 e. The lowest BCUT2D eigenvalue weighted by Gasteiger charge is -2.24. The number of piperidine rings is 1. The number of rotatable bonds is 3. The predicted octanol–water partition coefficient (Wildman–Crippen LogP) is 0.692. The highest BCUT2D eigenvalue weighted by atomic mass is 16.3. The molecule has 0 bridgehead atoms. The molecular weight excluding hydrogens is 230 g/mol. The molecule has 3 rings (SSSR count). The fourth-order valence-corrected chi connectivity index (χ4v) is 2.74. The van der Waals surface area contributed by atoms with Crippen molar-refractivity contribution in [2.45, 2.75) is 32.2 Å². The molecule has 1 fully saturated rings. The van der Waals surface area contributed by atoms with Crippen LogP contribution in [0.25, 0.3) is 0 Å². The minimum absolute atomic E-state index is 0.245. The second-order valence-corrected chi connectivity index (χ2v) is 5.22. The predicted molar refractivity (Wildman–Crippen MR) is 69.8 cm³/mol. The molecule has 0 saturated carbocycles. The lowest BCUT2D eigenvalue weighted by Crippen LogP contribution is -2.30. The first-order chi connectivity index (χ1) is 8.86. The summed E-state index contributed by atoms with van der Waals surface area (Å²) in [6, 6.07) is 0. The lowest BCUT2D eigenvalue weighted by molar-refractivity contribution is 0.244. The maximum Gasteiger partial charge on any atom is 0.246 e. The van der Waals surface area contributed by atoms with Gasteiger partial charge in [0.15, 0.2) is 0 Å². The number of hydrogen-bond acceptors (Lipinski definition) is 5. The van der Waals surface area contributed by atoms with E-state index < -0.39 is 0 Å². The summed E-state index contributed by atoms with van der Waals surface area (Å²) < 4.78 is 1.95. The maximum absolute atomic E-state index is 8.99. The Bertz CT molecular complexity index is 399. The maximum atomic E-state index is 8.99. The van der Waals surface area contributed by atoms with Gasteiger partial charge in [-0.2, -0.15) is 4.98 Å². The van der Waals surface area contributed by atoms with E-state index >= 15 is 0 Å². The van der Waals surface area contributed by atoms with E-state index in [0.29, 0.717) is 5.92 Å². The molecule has 1 aromatic heterocycles. The van der Waals surface area contributed by atoms with Gasteiger partial charge in [0.2, 0.25) is 11.9 Å². The summed E-state index contributed by atoms with van der Waals surface area (Å²) in [7, 11) is 0. The van der Waals surface area contributed by atoms with Gasteiger partial charge in [0.05, 0.1) is 0 Å². The summed E-state index contributed by atoms with van der Waals surface area (Å²) in [5, 5.41) is 16.9. The Morgan fingerprint density at radius 1 is 1.28 bits per heavy atom. The van der Waals surface area contributed by atoms with Crippen LogP contribution in [0.15, 0.2) is 0 Å². The molecule has 0 radical (unpaired) electrons. The molecule has 1 aromatic rings. The third-order valence-electron chi connectivity index (χ3n) is 3.82. The first-order valence-corrected chi connectivity index (χ1v) is 6.91. The minimum atomic E-state index is 0.245. The topological polar surface area (TPSA) is 66.2 Å². The Morgan fingerprint density at radius 3 is 2.89 bits per heavy atom. The molecular formula is C12H21N5O. The van der Waals surface area contributed by atoms with Crippen LogP contribution in [0.1, 0.15) is 25.7 Å². The molecule has 18 heavy (non-hydrogen) atoms. The zero-order chi connectivity index (χ0) is 12.4. The number of aliphatic hydroxyl groups excluding tert-OH is 1. The molecule has 2 aliphatic rings. The second kappa shape index (κ2) is 5.14. The van der Waals surface area contributed by atoms with Crippen molar-refractivity contribution in [2.24, 2.45) is 5.92 Å². The lowest BCUT2D eigenvalue weighted by atomic mass is 10.1. The van der Waals surface area contributed by atoms with Crippen LogP contribution >= 0.6 is 0 Å². The molecule has 1 saturated heterocycles. The fraction of sp³-hybridized carbons (Fsp3) is 0.833. The monoisotopic (exact) mass is 251 g/mol. The van der Waals surface area contributed by atoms with Crippen molar-refractivity contribution in [1.29, 1.82) is 0 Å². The number of fused-ring (bicyclic) bond motifs is 1. The van der Waals surface area contributed by atoms with Crippen LogP contribution in [0, 0.1) is 5.92 Å². The highest BCUT2D eigenvalue weighted by Crippen LogP contribution is 2.22. The zero-order valence-electron chi connectivity index (χ0n) is 10.7. The number of anilines is 2.